The zero-order valence-electron chi connectivity index (χ0n) is 7.61. The maximum Gasteiger partial charge on any atom is 0.573 e. The largest absolute Gasteiger partial charge is 0.573 e. The summed E-state index contributed by atoms with van der Waals surface area (Å²) in [5.41, 5.74) is -0.783. The molecule has 1 rings (SSSR count). The van der Waals surface area contributed by atoms with Crippen LogP contribution in [0.5, 0.6) is 5.75 Å². The lowest BCUT2D eigenvalue weighted by atomic mass is 10.2. The number of aromatic nitrogens is 1. The van der Waals surface area contributed by atoms with Crippen LogP contribution in [0.1, 0.15) is 11.3 Å². The molecule has 15 heavy (non-hydrogen) atoms. The van der Waals surface area contributed by atoms with E-state index in [1.165, 1.54) is 13.1 Å². The summed E-state index contributed by atoms with van der Waals surface area (Å²) in [6, 6.07) is 0. The molecule has 1 aromatic heterocycles. The first-order chi connectivity index (χ1) is 6.85. The predicted molar refractivity (Wildman–Crippen MR) is 48.0 cm³/mol. The van der Waals surface area contributed by atoms with Crippen molar-refractivity contribution in [2.24, 2.45) is 0 Å². The van der Waals surface area contributed by atoms with Crippen LogP contribution in [-0.4, -0.2) is 11.3 Å². The summed E-state index contributed by atoms with van der Waals surface area (Å²) in [4.78, 5) is 13.8. The molecule has 1 aromatic rings. The van der Waals surface area contributed by atoms with E-state index in [0.717, 1.165) is 0 Å². The molecule has 0 spiro atoms. The molecule has 0 aromatic carbocycles. The third-order valence-electron chi connectivity index (χ3n) is 1.65. The minimum atomic E-state index is -4.90. The van der Waals surface area contributed by atoms with Crippen LogP contribution in [0.3, 0.4) is 0 Å². The number of hydrogen-bond acceptors (Lipinski definition) is 2. The van der Waals surface area contributed by atoms with E-state index in [1.54, 1.807) is 0 Å². The fourth-order valence-electron chi connectivity index (χ4n) is 0.966. The SMILES string of the molecule is Cc1c[nH]c(CCl)c(OC(F)(F)F)c1=O. The summed E-state index contributed by atoms with van der Waals surface area (Å²) in [7, 11) is 0. The van der Waals surface area contributed by atoms with E-state index < -0.39 is 17.5 Å². The van der Waals surface area contributed by atoms with Gasteiger partial charge in [-0.05, 0) is 6.92 Å². The fourth-order valence-corrected chi connectivity index (χ4v) is 1.16. The third kappa shape index (κ3) is 2.89. The molecule has 1 heterocycles. The van der Waals surface area contributed by atoms with E-state index in [2.05, 4.69) is 9.72 Å². The van der Waals surface area contributed by atoms with Crippen molar-refractivity contribution in [1.29, 1.82) is 0 Å². The summed E-state index contributed by atoms with van der Waals surface area (Å²) in [5, 5.41) is 0. The second-order valence-corrected chi connectivity index (χ2v) is 3.06. The smallest absolute Gasteiger partial charge is 0.400 e. The molecule has 84 valence electrons. The molecule has 0 saturated heterocycles. The molecular weight excluding hydrogens is 235 g/mol. The van der Waals surface area contributed by atoms with E-state index in [1.807, 2.05) is 0 Å². The zero-order chi connectivity index (χ0) is 11.6. The van der Waals surface area contributed by atoms with Gasteiger partial charge < -0.3 is 9.72 Å². The summed E-state index contributed by atoms with van der Waals surface area (Å²) in [6.45, 7) is 1.38. The van der Waals surface area contributed by atoms with Crippen molar-refractivity contribution < 1.29 is 17.9 Å². The Bertz CT molecular complexity index is 413. The van der Waals surface area contributed by atoms with Crippen LogP contribution in [0.4, 0.5) is 13.2 Å². The number of aromatic amines is 1. The predicted octanol–water partition coefficient (Wildman–Crippen LogP) is 2.32. The highest BCUT2D eigenvalue weighted by Gasteiger charge is 2.33. The highest BCUT2D eigenvalue weighted by atomic mass is 35.5. The van der Waals surface area contributed by atoms with Crippen molar-refractivity contribution in [3.05, 3.63) is 27.7 Å². The Morgan fingerprint density at radius 1 is 1.53 bits per heavy atom. The van der Waals surface area contributed by atoms with E-state index in [0.29, 0.717) is 0 Å². The number of halogens is 4. The minimum absolute atomic E-state index is 0.0930. The van der Waals surface area contributed by atoms with E-state index in [-0.39, 0.29) is 17.1 Å². The van der Waals surface area contributed by atoms with Gasteiger partial charge >= 0.3 is 6.36 Å². The lowest BCUT2D eigenvalue weighted by molar-refractivity contribution is -0.275. The van der Waals surface area contributed by atoms with Gasteiger partial charge in [-0.25, -0.2) is 0 Å². The first-order valence-corrected chi connectivity index (χ1v) is 4.41. The zero-order valence-corrected chi connectivity index (χ0v) is 8.37. The van der Waals surface area contributed by atoms with E-state index in [9.17, 15) is 18.0 Å². The highest BCUT2D eigenvalue weighted by molar-refractivity contribution is 6.17. The molecule has 0 amide bonds. The number of pyridine rings is 1. The molecule has 0 saturated carbocycles. The van der Waals surface area contributed by atoms with Crippen molar-refractivity contribution in [3.8, 4) is 5.75 Å². The first kappa shape index (κ1) is 11.9. The van der Waals surface area contributed by atoms with Gasteiger partial charge in [0.25, 0.3) is 0 Å². The summed E-state index contributed by atoms with van der Waals surface area (Å²) in [5.74, 6) is -1.06. The Labute approximate surface area is 87.8 Å². The normalized spacial score (nSPS) is 11.5. The van der Waals surface area contributed by atoms with Crippen molar-refractivity contribution in [3.63, 3.8) is 0 Å². The Kier molecular flexibility index (Phi) is 3.28. The Morgan fingerprint density at radius 3 is 2.60 bits per heavy atom. The van der Waals surface area contributed by atoms with E-state index >= 15 is 0 Å². The fraction of sp³-hybridized carbons (Fsp3) is 0.375. The van der Waals surface area contributed by atoms with Gasteiger partial charge in [-0.1, -0.05) is 0 Å². The van der Waals surface area contributed by atoms with Gasteiger partial charge in [0, 0.05) is 11.8 Å². The maximum atomic E-state index is 12.0. The Hall–Kier alpha value is -1.17. The van der Waals surface area contributed by atoms with Crippen LogP contribution in [0, 0.1) is 6.92 Å². The second kappa shape index (κ2) is 4.14. The first-order valence-electron chi connectivity index (χ1n) is 3.88. The molecule has 0 radical (unpaired) electrons. The number of aryl methyl sites for hydroxylation is 1. The van der Waals surface area contributed by atoms with Gasteiger partial charge in [0.15, 0.2) is 5.75 Å². The van der Waals surface area contributed by atoms with Crippen molar-refractivity contribution >= 4 is 11.6 Å². The molecule has 0 fully saturated rings. The monoisotopic (exact) mass is 241 g/mol. The molecular formula is C8H7ClF3NO2. The topological polar surface area (TPSA) is 42.1 Å². The summed E-state index contributed by atoms with van der Waals surface area (Å²) in [6.07, 6.45) is -3.62. The maximum absolute atomic E-state index is 12.0. The molecule has 0 unspecified atom stereocenters. The molecule has 7 heteroatoms. The average molecular weight is 242 g/mol. The highest BCUT2D eigenvalue weighted by Crippen LogP contribution is 2.23. The molecule has 0 aliphatic carbocycles. The van der Waals surface area contributed by atoms with Crippen LogP contribution < -0.4 is 10.2 Å². The van der Waals surface area contributed by atoms with Crippen molar-refractivity contribution in [2.75, 3.05) is 0 Å². The molecule has 1 N–H and O–H groups in total. The van der Waals surface area contributed by atoms with Crippen LogP contribution >= 0.6 is 11.6 Å². The second-order valence-electron chi connectivity index (χ2n) is 2.79. The molecule has 0 atom stereocenters. The summed E-state index contributed by atoms with van der Waals surface area (Å²) >= 11 is 5.37. The number of H-pyrrole nitrogens is 1. The Morgan fingerprint density at radius 2 is 2.13 bits per heavy atom. The number of hydrogen-bond donors (Lipinski definition) is 1. The number of alkyl halides is 4. The van der Waals surface area contributed by atoms with Crippen LogP contribution in [0.15, 0.2) is 11.0 Å². The van der Waals surface area contributed by atoms with Crippen molar-refractivity contribution in [1.82, 2.24) is 4.98 Å². The molecule has 3 nitrogen and oxygen atoms in total. The van der Waals surface area contributed by atoms with Gasteiger partial charge in [0.05, 0.1) is 11.6 Å². The third-order valence-corrected chi connectivity index (χ3v) is 1.92. The van der Waals surface area contributed by atoms with Crippen LogP contribution in [0.25, 0.3) is 0 Å². The van der Waals surface area contributed by atoms with Gasteiger partial charge in [0.1, 0.15) is 0 Å². The van der Waals surface area contributed by atoms with Gasteiger partial charge in [-0.3, -0.25) is 4.79 Å². The average Bonchev–Trinajstić information content (AvgIpc) is 2.11. The molecule has 0 aliphatic rings. The van der Waals surface area contributed by atoms with Crippen LogP contribution in [-0.2, 0) is 5.88 Å². The lowest BCUT2D eigenvalue weighted by Crippen LogP contribution is -2.24. The quantitative estimate of drug-likeness (QED) is 0.808. The van der Waals surface area contributed by atoms with Crippen LogP contribution in [0.2, 0.25) is 0 Å². The number of ether oxygens (including phenoxy) is 1. The summed E-state index contributed by atoms with van der Waals surface area (Å²) < 4.78 is 39.5. The van der Waals surface area contributed by atoms with Gasteiger partial charge in [0.2, 0.25) is 5.43 Å². The number of nitrogens with one attached hydrogen (secondary N) is 1. The molecule has 0 aliphatic heterocycles. The lowest BCUT2D eigenvalue weighted by Gasteiger charge is -2.11. The molecule has 0 bridgehead atoms. The number of rotatable bonds is 2. The van der Waals surface area contributed by atoms with Gasteiger partial charge in [-0.15, -0.1) is 24.8 Å². The van der Waals surface area contributed by atoms with Gasteiger partial charge in [-0.2, -0.15) is 0 Å². The van der Waals surface area contributed by atoms with E-state index in [4.69, 9.17) is 11.6 Å². The standard InChI is InChI=1S/C8H7ClF3NO2/c1-4-3-13-5(2-9)7(6(4)14)15-8(10,11)12/h3H,2H2,1H3,(H,13,14). The van der Waals surface area contributed by atoms with Crippen molar-refractivity contribution in [2.45, 2.75) is 19.2 Å². The Balaban J connectivity index is 3.25. The minimum Gasteiger partial charge on any atom is -0.400 e.